The fourth-order valence-electron chi connectivity index (χ4n) is 3.86. The molecule has 8 heteroatoms. The fourth-order valence-corrected chi connectivity index (χ4v) is 3.86. The first-order valence-corrected chi connectivity index (χ1v) is 11.6. The maximum absolute atomic E-state index is 13.5. The minimum absolute atomic E-state index is 0.204. The Morgan fingerprint density at radius 3 is 2.39 bits per heavy atom. The van der Waals surface area contributed by atoms with E-state index in [1.165, 1.54) is 19.2 Å². The Morgan fingerprint density at radius 1 is 1.03 bits per heavy atom. The average Bonchev–Trinajstić information content (AvgIpc) is 3.21. The molecule has 0 aliphatic carbocycles. The monoisotopic (exact) mass is 489 g/mol. The molecule has 0 fully saturated rings. The van der Waals surface area contributed by atoms with E-state index in [-0.39, 0.29) is 34.4 Å². The third-order valence-electron chi connectivity index (χ3n) is 5.41. The van der Waals surface area contributed by atoms with E-state index in [0.717, 1.165) is 0 Å². The maximum Gasteiger partial charge on any atom is 0.255 e. The molecule has 4 rings (SSSR count). The minimum Gasteiger partial charge on any atom is -0.477 e. The van der Waals surface area contributed by atoms with E-state index in [2.05, 4.69) is 15.6 Å². The van der Waals surface area contributed by atoms with Crippen LogP contribution < -0.4 is 15.4 Å². The first-order chi connectivity index (χ1) is 17.1. The number of benzene rings is 2. The van der Waals surface area contributed by atoms with E-state index >= 15 is 0 Å². The summed E-state index contributed by atoms with van der Waals surface area (Å²) in [6.07, 6.45) is 0. The quantitative estimate of drug-likeness (QED) is 0.368. The molecule has 0 bridgehead atoms. The van der Waals surface area contributed by atoms with Crippen molar-refractivity contribution in [3.05, 3.63) is 71.5 Å². The molecule has 0 radical (unpaired) electrons. The summed E-state index contributed by atoms with van der Waals surface area (Å²) >= 11 is 0. The number of ether oxygens (including phenoxy) is 1. The Morgan fingerprint density at radius 2 is 1.75 bits per heavy atom. The Hall–Kier alpha value is -4.20. The summed E-state index contributed by atoms with van der Waals surface area (Å²) in [7, 11) is 1.52. The van der Waals surface area contributed by atoms with Gasteiger partial charge in [0.1, 0.15) is 11.6 Å². The zero-order valence-electron chi connectivity index (χ0n) is 20.9. The summed E-state index contributed by atoms with van der Waals surface area (Å²) in [4.78, 5) is 30.3. The fraction of sp³-hybridized carbons (Fsp3) is 0.250. The van der Waals surface area contributed by atoms with Gasteiger partial charge in [-0.1, -0.05) is 12.1 Å². The smallest absolute Gasteiger partial charge is 0.255 e. The molecule has 2 aromatic carbocycles. The van der Waals surface area contributed by atoms with Crippen molar-refractivity contribution >= 4 is 22.9 Å². The summed E-state index contributed by atoms with van der Waals surface area (Å²) in [5.41, 5.74) is 2.41. The van der Waals surface area contributed by atoms with E-state index in [1.807, 2.05) is 33.8 Å². The highest BCUT2D eigenvalue weighted by Gasteiger charge is 2.25. The number of fused-ring (bicyclic) bond motifs is 1. The van der Waals surface area contributed by atoms with Crippen molar-refractivity contribution in [1.29, 1.82) is 0 Å². The van der Waals surface area contributed by atoms with Crippen LogP contribution in [0.3, 0.4) is 0 Å². The topological polar surface area (TPSA) is 93.5 Å². The average molecular weight is 490 g/mol. The molecule has 7 nitrogen and oxygen atoms in total. The Labute approximate surface area is 208 Å². The molecule has 0 aliphatic rings. The van der Waals surface area contributed by atoms with E-state index in [0.29, 0.717) is 40.1 Å². The van der Waals surface area contributed by atoms with Crippen molar-refractivity contribution in [1.82, 2.24) is 15.6 Å². The van der Waals surface area contributed by atoms with Gasteiger partial charge in [-0.05, 0) is 75.7 Å². The molecule has 2 aromatic heterocycles. The van der Waals surface area contributed by atoms with Crippen molar-refractivity contribution < 1.29 is 23.1 Å². The van der Waals surface area contributed by atoms with Crippen molar-refractivity contribution in [2.24, 2.45) is 0 Å². The lowest BCUT2D eigenvalue weighted by molar-refractivity contribution is 0.0918. The lowest BCUT2D eigenvalue weighted by Crippen LogP contribution is -2.40. The van der Waals surface area contributed by atoms with Crippen molar-refractivity contribution in [3.8, 4) is 28.3 Å². The second-order valence-electron chi connectivity index (χ2n) is 9.30. The molecule has 2 N–H and O–H groups in total. The zero-order valence-corrected chi connectivity index (χ0v) is 20.9. The molecule has 0 saturated carbocycles. The van der Waals surface area contributed by atoms with E-state index < -0.39 is 5.82 Å². The summed E-state index contributed by atoms with van der Waals surface area (Å²) < 4.78 is 25.3. The molecule has 0 aliphatic heterocycles. The summed E-state index contributed by atoms with van der Waals surface area (Å²) in [5, 5.41) is 6.07. The summed E-state index contributed by atoms with van der Waals surface area (Å²) in [5.74, 6) is -0.394. The minimum atomic E-state index is -0.397. The molecule has 2 amide bonds. The number of carbonyl (C=O) groups is 2. The number of aromatic nitrogens is 1. The van der Waals surface area contributed by atoms with Crippen LogP contribution in [-0.4, -0.2) is 36.0 Å². The van der Waals surface area contributed by atoms with Crippen LogP contribution in [0.1, 0.15) is 48.4 Å². The van der Waals surface area contributed by atoms with Gasteiger partial charge in [0, 0.05) is 29.3 Å². The van der Waals surface area contributed by atoms with Gasteiger partial charge in [0.2, 0.25) is 11.6 Å². The number of rotatable bonds is 6. The first-order valence-electron chi connectivity index (χ1n) is 11.6. The molecule has 2 heterocycles. The van der Waals surface area contributed by atoms with E-state index in [4.69, 9.17) is 9.15 Å². The molecule has 0 unspecified atom stereocenters. The number of halogens is 1. The molecular formula is C28H28FN3O4. The van der Waals surface area contributed by atoms with Gasteiger partial charge in [0.25, 0.3) is 11.8 Å². The second kappa shape index (κ2) is 9.81. The SMILES string of the molecule is CCOc1nc2oc(-c3ccc(F)cc3)c(C(=O)NC)c2cc1-c1cccc(C(=O)NC(C)(C)C)c1. The van der Waals surface area contributed by atoms with Crippen LogP contribution >= 0.6 is 0 Å². The second-order valence-corrected chi connectivity index (χ2v) is 9.30. The van der Waals surface area contributed by atoms with Crippen LogP contribution in [0.2, 0.25) is 0 Å². The van der Waals surface area contributed by atoms with Crippen LogP contribution in [0.15, 0.2) is 59.0 Å². The predicted molar refractivity (Wildman–Crippen MR) is 137 cm³/mol. The van der Waals surface area contributed by atoms with Gasteiger partial charge in [-0.25, -0.2) is 4.39 Å². The van der Waals surface area contributed by atoms with Crippen molar-refractivity contribution in [2.75, 3.05) is 13.7 Å². The van der Waals surface area contributed by atoms with Crippen LogP contribution in [0.5, 0.6) is 5.88 Å². The lowest BCUT2D eigenvalue weighted by Gasteiger charge is -2.20. The van der Waals surface area contributed by atoms with Crippen LogP contribution in [0, 0.1) is 5.82 Å². The van der Waals surface area contributed by atoms with Crippen molar-refractivity contribution in [3.63, 3.8) is 0 Å². The third kappa shape index (κ3) is 5.07. The van der Waals surface area contributed by atoms with Gasteiger partial charge < -0.3 is 19.8 Å². The normalized spacial score (nSPS) is 11.4. The standard InChI is InChI=1S/C28H28FN3O4/c1-6-35-26-20(17-8-7-9-18(14-17)24(33)32-28(2,3)4)15-21-22(25(34)30-5)23(36-27(21)31-26)16-10-12-19(29)13-11-16/h7-15H,6H2,1-5H3,(H,30,34)(H,32,33). The Bertz CT molecular complexity index is 1440. The number of nitrogens with zero attached hydrogens (tertiary/aromatic N) is 1. The number of pyridine rings is 1. The van der Waals surface area contributed by atoms with Gasteiger partial charge >= 0.3 is 0 Å². The van der Waals surface area contributed by atoms with Gasteiger partial charge in [0.15, 0.2) is 0 Å². The Balaban J connectivity index is 1.92. The molecule has 4 aromatic rings. The molecule has 36 heavy (non-hydrogen) atoms. The van der Waals surface area contributed by atoms with E-state index in [1.54, 1.807) is 36.4 Å². The van der Waals surface area contributed by atoms with Crippen LogP contribution in [0.25, 0.3) is 33.6 Å². The maximum atomic E-state index is 13.5. The molecule has 186 valence electrons. The Kier molecular flexibility index (Phi) is 6.79. The highest BCUT2D eigenvalue weighted by molar-refractivity contribution is 6.11. The third-order valence-corrected chi connectivity index (χ3v) is 5.41. The van der Waals surface area contributed by atoms with Crippen molar-refractivity contribution in [2.45, 2.75) is 33.2 Å². The predicted octanol–water partition coefficient (Wildman–Crippen LogP) is 5.59. The number of furan rings is 1. The van der Waals surface area contributed by atoms with Gasteiger partial charge in [-0.2, -0.15) is 4.98 Å². The highest BCUT2D eigenvalue weighted by Crippen LogP contribution is 2.39. The molecule has 0 atom stereocenters. The van der Waals surface area contributed by atoms with Gasteiger partial charge in [-0.15, -0.1) is 0 Å². The lowest BCUT2D eigenvalue weighted by atomic mass is 10.00. The number of hydrogen-bond donors (Lipinski definition) is 2. The van der Waals surface area contributed by atoms with Gasteiger partial charge in [-0.3, -0.25) is 9.59 Å². The number of amides is 2. The number of nitrogens with one attached hydrogen (secondary N) is 2. The van der Waals surface area contributed by atoms with Gasteiger partial charge in [0.05, 0.1) is 17.6 Å². The summed E-state index contributed by atoms with van der Waals surface area (Å²) in [6.45, 7) is 7.93. The molecule has 0 saturated heterocycles. The highest BCUT2D eigenvalue weighted by atomic mass is 19.1. The number of carbonyl (C=O) groups excluding carboxylic acids is 2. The molecule has 0 spiro atoms. The van der Waals surface area contributed by atoms with Crippen LogP contribution in [-0.2, 0) is 0 Å². The first kappa shape index (κ1) is 24.9. The largest absolute Gasteiger partial charge is 0.477 e. The number of hydrogen-bond acceptors (Lipinski definition) is 5. The van der Waals surface area contributed by atoms with E-state index in [9.17, 15) is 14.0 Å². The summed E-state index contributed by atoms with van der Waals surface area (Å²) in [6, 6.07) is 14.6. The zero-order chi connectivity index (χ0) is 26.0. The van der Waals surface area contributed by atoms with Crippen LogP contribution in [0.4, 0.5) is 4.39 Å². The molecular weight excluding hydrogens is 461 g/mol.